The van der Waals surface area contributed by atoms with Crippen LogP contribution in [0.1, 0.15) is 24.4 Å². The lowest BCUT2D eigenvalue weighted by atomic mass is 10.1. The molecular formula is C12H15N3O2. The van der Waals surface area contributed by atoms with Gasteiger partial charge in [-0.2, -0.15) is 0 Å². The van der Waals surface area contributed by atoms with Gasteiger partial charge in [0.15, 0.2) is 0 Å². The zero-order valence-electron chi connectivity index (χ0n) is 10.1. The van der Waals surface area contributed by atoms with Crippen LogP contribution in [0.2, 0.25) is 0 Å². The van der Waals surface area contributed by atoms with Crippen molar-refractivity contribution >= 4 is 0 Å². The Labute approximate surface area is 99.6 Å². The monoisotopic (exact) mass is 233 g/mol. The normalized spacial score (nSPS) is 12.5. The molecule has 0 aliphatic carbocycles. The van der Waals surface area contributed by atoms with Crippen LogP contribution in [-0.2, 0) is 0 Å². The van der Waals surface area contributed by atoms with E-state index in [2.05, 4.69) is 10.2 Å². The third-order valence-electron chi connectivity index (χ3n) is 2.42. The van der Waals surface area contributed by atoms with E-state index in [1.54, 1.807) is 14.0 Å². The molecule has 17 heavy (non-hydrogen) atoms. The predicted molar refractivity (Wildman–Crippen MR) is 63.6 cm³/mol. The molecule has 1 aromatic carbocycles. The van der Waals surface area contributed by atoms with Crippen LogP contribution in [0.25, 0.3) is 11.5 Å². The van der Waals surface area contributed by atoms with Crippen molar-refractivity contribution in [3.63, 3.8) is 0 Å². The molecule has 1 aromatic heterocycles. The van der Waals surface area contributed by atoms with Crippen molar-refractivity contribution in [1.82, 2.24) is 10.2 Å². The van der Waals surface area contributed by atoms with Gasteiger partial charge in [0.1, 0.15) is 5.75 Å². The van der Waals surface area contributed by atoms with Crippen LogP contribution in [0.15, 0.2) is 22.6 Å². The number of aryl methyl sites for hydroxylation is 1. The van der Waals surface area contributed by atoms with E-state index in [0.29, 0.717) is 17.5 Å². The van der Waals surface area contributed by atoms with Crippen LogP contribution in [0.3, 0.4) is 0 Å². The lowest BCUT2D eigenvalue weighted by Crippen LogP contribution is -2.04. The summed E-state index contributed by atoms with van der Waals surface area (Å²) in [5.74, 6) is 1.55. The van der Waals surface area contributed by atoms with Crippen molar-refractivity contribution in [2.24, 2.45) is 5.73 Å². The van der Waals surface area contributed by atoms with Crippen molar-refractivity contribution in [3.8, 4) is 17.2 Å². The maximum atomic E-state index is 5.68. The number of hydrogen-bond acceptors (Lipinski definition) is 5. The van der Waals surface area contributed by atoms with Gasteiger partial charge in [0.25, 0.3) is 5.89 Å². The minimum absolute atomic E-state index is 0.271. The van der Waals surface area contributed by atoms with Crippen molar-refractivity contribution in [2.45, 2.75) is 19.9 Å². The lowest BCUT2D eigenvalue weighted by Gasteiger charge is -2.05. The molecule has 1 atom stereocenters. The van der Waals surface area contributed by atoms with Crippen LogP contribution in [0.4, 0.5) is 0 Å². The van der Waals surface area contributed by atoms with Crippen molar-refractivity contribution in [2.75, 3.05) is 7.11 Å². The van der Waals surface area contributed by atoms with E-state index in [1.807, 2.05) is 25.1 Å². The van der Waals surface area contributed by atoms with Gasteiger partial charge < -0.3 is 14.9 Å². The Bertz CT molecular complexity index is 520. The Hall–Kier alpha value is -1.88. The first-order chi connectivity index (χ1) is 8.11. The Morgan fingerprint density at radius 2 is 2.12 bits per heavy atom. The number of nitrogens with zero attached hydrogens (tertiary/aromatic N) is 2. The number of hydrogen-bond donors (Lipinski definition) is 1. The van der Waals surface area contributed by atoms with Gasteiger partial charge in [-0.05, 0) is 26.0 Å². The van der Waals surface area contributed by atoms with Gasteiger partial charge >= 0.3 is 0 Å². The number of aromatic nitrogens is 2. The quantitative estimate of drug-likeness (QED) is 0.878. The van der Waals surface area contributed by atoms with Crippen LogP contribution < -0.4 is 10.5 Å². The summed E-state index contributed by atoms with van der Waals surface area (Å²) in [5.41, 5.74) is 7.56. The average Bonchev–Trinajstić information content (AvgIpc) is 2.78. The highest BCUT2D eigenvalue weighted by Gasteiger charge is 2.15. The molecule has 1 heterocycles. The fourth-order valence-electron chi connectivity index (χ4n) is 1.52. The highest BCUT2D eigenvalue weighted by molar-refractivity contribution is 5.63. The van der Waals surface area contributed by atoms with Gasteiger partial charge in [0.05, 0.1) is 18.7 Å². The lowest BCUT2D eigenvalue weighted by molar-refractivity contribution is 0.412. The van der Waals surface area contributed by atoms with Gasteiger partial charge in [0, 0.05) is 0 Å². The molecule has 90 valence electrons. The van der Waals surface area contributed by atoms with Gasteiger partial charge in [-0.3, -0.25) is 0 Å². The summed E-state index contributed by atoms with van der Waals surface area (Å²) in [7, 11) is 1.61. The molecule has 0 aliphatic rings. The molecule has 5 nitrogen and oxygen atoms in total. The Kier molecular flexibility index (Phi) is 3.10. The van der Waals surface area contributed by atoms with E-state index < -0.39 is 0 Å². The highest BCUT2D eigenvalue weighted by Crippen LogP contribution is 2.30. The molecule has 2 aromatic rings. The maximum Gasteiger partial charge on any atom is 0.251 e. The highest BCUT2D eigenvalue weighted by atomic mass is 16.5. The van der Waals surface area contributed by atoms with E-state index in [4.69, 9.17) is 14.9 Å². The van der Waals surface area contributed by atoms with Gasteiger partial charge in [-0.1, -0.05) is 11.6 Å². The first-order valence-electron chi connectivity index (χ1n) is 5.36. The van der Waals surface area contributed by atoms with E-state index in [-0.39, 0.29) is 6.04 Å². The molecule has 0 radical (unpaired) electrons. The van der Waals surface area contributed by atoms with E-state index >= 15 is 0 Å². The average molecular weight is 233 g/mol. The largest absolute Gasteiger partial charge is 0.496 e. The number of benzene rings is 1. The molecule has 0 bridgehead atoms. The molecule has 2 rings (SSSR count). The Morgan fingerprint density at radius 1 is 1.35 bits per heavy atom. The third-order valence-corrected chi connectivity index (χ3v) is 2.42. The molecule has 0 aliphatic heterocycles. The summed E-state index contributed by atoms with van der Waals surface area (Å²) < 4.78 is 10.8. The first-order valence-corrected chi connectivity index (χ1v) is 5.36. The summed E-state index contributed by atoms with van der Waals surface area (Å²) in [4.78, 5) is 0. The van der Waals surface area contributed by atoms with E-state index in [1.165, 1.54) is 0 Å². The molecule has 0 saturated heterocycles. The third kappa shape index (κ3) is 2.29. The molecule has 0 saturated carbocycles. The van der Waals surface area contributed by atoms with E-state index in [0.717, 1.165) is 11.1 Å². The van der Waals surface area contributed by atoms with Gasteiger partial charge in [-0.15, -0.1) is 10.2 Å². The zero-order valence-corrected chi connectivity index (χ0v) is 10.1. The minimum atomic E-state index is -0.271. The second kappa shape index (κ2) is 4.55. The fraction of sp³-hybridized carbons (Fsp3) is 0.333. The van der Waals surface area contributed by atoms with Crippen LogP contribution in [0, 0.1) is 6.92 Å². The van der Waals surface area contributed by atoms with Crippen LogP contribution >= 0.6 is 0 Å². The summed E-state index contributed by atoms with van der Waals surface area (Å²) >= 11 is 0. The Morgan fingerprint density at radius 3 is 2.71 bits per heavy atom. The second-order valence-electron chi connectivity index (χ2n) is 3.94. The smallest absolute Gasteiger partial charge is 0.251 e. The SMILES string of the molecule is COc1ccc(C)cc1-c1nnc(C(C)N)o1. The number of ether oxygens (including phenoxy) is 1. The van der Waals surface area contributed by atoms with Gasteiger partial charge in [0.2, 0.25) is 5.89 Å². The molecule has 0 spiro atoms. The first kappa shape index (κ1) is 11.6. The van der Waals surface area contributed by atoms with Crippen molar-refractivity contribution in [3.05, 3.63) is 29.7 Å². The van der Waals surface area contributed by atoms with Crippen molar-refractivity contribution < 1.29 is 9.15 Å². The summed E-state index contributed by atoms with van der Waals surface area (Å²) in [5, 5.41) is 7.88. The van der Waals surface area contributed by atoms with Gasteiger partial charge in [-0.25, -0.2) is 0 Å². The number of rotatable bonds is 3. The van der Waals surface area contributed by atoms with Crippen molar-refractivity contribution in [1.29, 1.82) is 0 Å². The summed E-state index contributed by atoms with van der Waals surface area (Å²) in [6.45, 7) is 3.79. The van der Waals surface area contributed by atoms with Crippen LogP contribution in [-0.4, -0.2) is 17.3 Å². The molecule has 5 heteroatoms. The number of nitrogens with two attached hydrogens (primary N) is 1. The molecular weight excluding hydrogens is 218 g/mol. The summed E-state index contributed by atoms with van der Waals surface area (Å²) in [6.07, 6.45) is 0. The topological polar surface area (TPSA) is 74.2 Å². The molecule has 1 unspecified atom stereocenters. The predicted octanol–water partition coefficient (Wildman–Crippen LogP) is 2.07. The zero-order chi connectivity index (χ0) is 12.4. The van der Waals surface area contributed by atoms with E-state index in [9.17, 15) is 0 Å². The summed E-state index contributed by atoms with van der Waals surface area (Å²) in [6, 6.07) is 5.51. The van der Waals surface area contributed by atoms with Crippen LogP contribution in [0.5, 0.6) is 5.75 Å². The molecule has 0 amide bonds. The number of methoxy groups -OCH3 is 1. The molecule has 2 N–H and O–H groups in total. The maximum absolute atomic E-state index is 5.68. The Balaban J connectivity index is 2.47. The minimum Gasteiger partial charge on any atom is -0.496 e. The standard InChI is InChI=1S/C12H15N3O2/c1-7-4-5-10(16-3)9(6-7)12-15-14-11(17-12)8(2)13/h4-6,8H,13H2,1-3H3. The second-order valence-corrected chi connectivity index (χ2v) is 3.94. The molecule has 0 fully saturated rings. The fourth-order valence-corrected chi connectivity index (χ4v) is 1.52.